The highest BCUT2D eigenvalue weighted by atomic mass is 32.1. The minimum absolute atomic E-state index is 0.0139. The lowest BCUT2D eigenvalue weighted by Crippen LogP contribution is -2.46. The van der Waals surface area contributed by atoms with E-state index < -0.39 is 0 Å². The van der Waals surface area contributed by atoms with E-state index in [0.717, 1.165) is 36.1 Å². The number of aryl methyl sites for hydroxylation is 1. The molecular weight excluding hydrogens is 406 g/mol. The first-order chi connectivity index (χ1) is 13.5. The molecule has 0 aromatic carbocycles. The van der Waals surface area contributed by atoms with Gasteiger partial charge in [0.15, 0.2) is 0 Å². The van der Waals surface area contributed by atoms with Gasteiger partial charge in [-0.05, 0) is 60.3 Å². The van der Waals surface area contributed by atoms with Gasteiger partial charge in [0.25, 0.3) is 5.91 Å². The van der Waals surface area contributed by atoms with E-state index >= 15 is 0 Å². The summed E-state index contributed by atoms with van der Waals surface area (Å²) < 4.78 is 0. The molecule has 3 aromatic heterocycles. The molecule has 1 aliphatic heterocycles. The number of thiophene rings is 3. The zero-order chi connectivity index (χ0) is 19.7. The number of carbonyl (C=O) groups is 1. The van der Waals surface area contributed by atoms with Crippen molar-refractivity contribution in [3.63, 3.8) is 0 Å². The van der Waals surface area contributed by atoms with Crippen LogP contribution in [0.2, 0.25) is 0 Å². The Balaban J connectivity index is 1.72. The second-order valence-electron chi connectivity index (χ2n) is 7.26. The van der Waals surface area contributed by atoms with E-state index in [0.29, 0.717) is 0 Å². The van der Waals surface area contributed by atoms with Crippen LogP contribution in [0, 0.1) is 13.8 Å². The number of amides is 1. The van der Waals surface area contributed by atoms with Gasteiger partial charge in [0.05, 0.1) is 10.9 Å². The number of hydrogen-bond acceptors (Lipinski definition) is 6. The molecule has 28 heavy (non-hydrogen) atoms. The predicted molar refractivity (Wildman–Crippen MR) is 121 cm³/mol. The lowest BCUT2D eigenvalue weighted by molar-refractivity contribution is 0.103. The monoisotopic (exact) mass is 431 g/mol. The van der Waals surface area contributed by atoms with Crippen molar-refractivity contribution in [2.75, 3.05) is 38.5 Å². The molecule has 0 spiro atoms. The molecule has 7 heteroatoms. The fourth-order valence-corrected chi connectivity index (χ4v) is 6.10. The Morgan fingerprint density at radius 1 is 1.14 bits per heavy atom. The Morgan fingerprint density at radius 2 is 1.93 bits per heavy atom. The van der Waals surface area contributed by atoms with E-state index in [1.165, 1.54) is 32.9 Å². The highest BCUT2D eigenvalue weighted by Crippen LogP contribution is 2.43. The minimum Gasteiger partial charge on any atom is -0.313 e. The highest BCUT2D eigenvalue weighted by Gasteiger charge is 2.31. The Hall–Kier alpha value is -1.51. The van der Waals surface area contributed by atoms with Gasteiger partial charge in [-0.25, -0.2) is 0 Å². The molecule has 0 saturated carbocycles. The van der Waals surface area contributed by atoms with Crippen molar-refractivity contribution in [2.45, 2.75) is 19.9 Å². The molecule has 1 fully saturated rings. The summed E-state index contributed by atoms with van der Waals surface area (Å²) >= 11 is 4.91. The number of piperazine rings is 1. The average molecular weight is 432 g/mol. The molecular formula is C21H25N3OS3. The van der Waals surface area contributed by atoms with Crippen molar-refractivity contribution < 1.29 is 4.79 Å². The fraction of sp³-hybridized carbons (Fsp3) is 0.381. The summed E-state index contributed by atoms with van der Waals surface area (Å²) in [5.74, 6) is -0.0139. The van der Waals surface area contributed by atoms with Crippen LogP contribution in [-0.2, 0) is 0 Å². The van der Waals surface area contributed by atoms with Crippen LogP contribution in [0.25, 0.3) is 0 Å². The Kier molecular flexibility index (Phi) is 5.99. The molecule has 1 saturated heterocycles. The second kappa shape index (κ2) is 8.47. The molecule has 148 valence electrons. The molecule has 1 atom stereocenters. The van der Waals surface area contributed by atoms with Gasteiger partial charge in [-0.2, -0.15) is 11.3 Å². The molecule has 0 unspecified atom stereocenters. The quantitative estimate of drug-likeness (QED) is 0.612. The maximum Gasteiger partial charge on any atom is 0.266 e. The van der Waals surface area contributed by atoms with E-state index in [-0.39, 0.29) is 11.9 Å². The van der Waals surface area contributed by atoms with Crippen molar-refractivity contribution in [2.24, 2.45) is 0 Å². The minimum atomic E-state index is -0.0139. The van der Waals surface area contributed by atoms with E-state index in [1.54, 1.807) is 22.7 Å². The summed E-state index contributed by atoms with van der Waals surface area (Å²) in [6.45, 7) is 8.54. The average Bonchev–Trinajstić information content (AvgIpc) is 3.43. The van der Waals surface area contributed by atoms with Crippen LogP contribution >= 0.6 is 34.0 Å². The zero-order valence-electron chi connectivity index (χ0n) is 16.4. The van der Waals surface area contributed by atoms with Gasteiger partial charge in [0, 0.05) is 36.6 Å². The Bertz CT molecular complexity index is 923. The summed E-state index contributed by atoms with van der Waals surface area (Å²) in [5, 5.41) is 10.6. The van der Waals surface area contributed by atoms with Crippen LogP contribution in [0.15, 0.2) is 34.3 Å². The Morgan fingerprint density at radius 3 is 2.57 bits per heavy atom. The summed E-state index contributed by atoms with van der Waals surface area (Å²) in [4.78, 5) is 19.7. The molecule has 1 N–H and O–H groups in total. The van der Waals surface area contributed by atoms with Gasteiger partial charge in [-0.15, -0.1) is 22.7 Å². The standard InChI is InChI=1S/C21H25N3OS3/c1-14-15(2)28-21(22-20(25)17-5-4-11-27-17)18(14)19(16-6-12-26-13-16)24-9-7-23(3)8-10-24/h4-6,11-13,19H,7-10H2,1-3H3,(H,22,25)/t19-/m1/s1. The number of rotatable bonds is 5. The Labute approximate surface area is 178 Å². The first-order valence-corrected chi connectivity index (χ1v) is 12.1. The second-order valence-corrected chi connectivity index (χ2v) is 10.2. The normalized spacial score (nSPS) is 17.0. The fourth-order valence-electron chi connectivity index (χ4n) is 3.71. The van der Waals surface area contributed by atoms with Crippen LogP contribution in [-0.4, -0.2) is 48.9 Å². The summed E-state index contributed by atoms with van der Waals surface area (Å²) in [7, 11) is 2.18. The molecule has 0 radical (unpaired) electrons. The smallest absolute Gasteiger partial charge is 0.266 e. The third-order valence-electron chi connectivity index (χ3n) is 5.44. The lowest BCUT2D eigenvalue weighted by atomic mass is 9.96. The molecule has 0 bridgehead atoms. The van der Waals surface area contributed by atoms with Crippen molar-refractivity contribution in [3.8, 4) is 0 Å². The number of nitrogens with zero attached hydrogens (tertiary/aromatic N) is 2. The molecule has 4 rings (SSSR count). The predicted octanol–water partition coefficient (Wildman–Crippen LogP) is 5.08. The molecule has 4 heterocycles. The molecule has 1 amide bonds. The van der Waals surface area contributed by atoms with E-state index in [9.17, 15) is 4.79 Å². The van der Waals surface area contributed by atoms with Crippen molar-refractivity contribution in [1.29, 1.82) is 0 Å². The first kappa shape index (κ1) is 19.8. The molecule has 1 aliphatic rings. The van der Waals surface area contributed by atoms with Gasteiger partial charge in [0.2, 0.25) is 0 Å². The third-order valence-corrected chi connectivity index (χ3v) is 8.15. The maximum absolute atomic E-state index is 12.8. The SMILES string of the molecule is Cc1sc(NC(=O)c2cccs2)c([C@@H](c2ccsc2)N2CCN(C)CC2)c1C. The molecule has 0 aliphatic carbocycles. The van der Waals surface area contributed by atoms with Gasteiger partial charge in [-0.3, -0.25) is 9.69 Å². The van der Waals surface area contributed by atoms with E-state index in [4.69, 9.17) is 0 Å². The number of nitrogens with one attached hydrogen (secondary N) is 1. The first-order valence-electron chi connectivity index (χ1n) is 9.44. The zero-order valence-corrected chi connectivity index (χ0v) is 18.8. The number of carbonyl (C=O) groups excluding carboxylic acids is 1. The summed E-state index contributed by atoms with van der Waals surface area (Å²) in [6, 6.07) is 6.21. The molecule has 3 aromatic rings. The van der Waals surface area contributed by atoms with Crippen LogP contribution in [0.4, 0.5) is 5.00 Å². The largest absolute Gasteiger partial charge is 0.313 e. The van der Waals surface area contributed by atoms with Crippen LogP contribution in [0.3, 0.4) is 0 Å². The maximum atomic E-state index is 12.8. The van der Waals surface area contributed by atoms with Gasteiger partial charge in [-0.1, -0.05) is 6.07 Å². The van der Waals surface area contributed by atoms with E-state index in [2.05, 4.69) is 52.8 Å². The van der Waals surface area contributed by atoms with Crippen LogP contribution < -0.4 is 5.32 Å². The molecule has 4 nitrogen and oxygen atoms in total. The number of likely N-dealkylation sites (N-methyl/N-ethyl adjacent to an activating group) is 1. The summed E-state index contributed by atoms with van der Waals surface area (Å²) in [5.41, 5.74) is 3.87. The summed E-state index contributed by atoms with van der Waals surface area (Å²) in [6.07, 6.45) is 0. The van der Waals surface area contributed by atoms with Gasteiger partial charge < -0.3 is 10.2 Å². The van der Waals surface area contributed by atoms with E-state index in [1.807, 2.05) is 17.5 Å². The van der Waals surface area contributed by atoms with Crippen LogP contribution in [0.1, 0.15) is 37.3 Å². The third kappa shape index (κ3) is 3.95. The lowest BCUT2D eigenvalue weighted by Gasteiger charge is -2.38. The van der Waals surface area contributed by atoms with Crippen molar-refractivity contribution >= 4 is 44.9 Å². The van der Waals surface area contributed by atoms with Gasteiger partial charge >= 0.3 is 0 Å². The number of hydrogen-bond donors (Lipinski definition) is 1. The van der Waals surface area contributed by atoms with Gasteiger partial charge in [0.1, 0.15) is 5.00 Å². The van der Waals surface area contributed by atoms with Crippen molar-refractivity contribution in [1.82, 2.24) is 9.80 Å². The van der Waals surface area contributed by atoms with Crippen LogP contribution in [0.5, 0.6) is 0 Å². The highest BCUT2D eigenvalue weighted by molar-refractivity contribution is 7.17. The topological polar surface area (TPSA) is 35.6 Å². The van der Waals surface area contributed by atoms with Crippen molar-refractivity contribution in [3.05, 3.63) is 60.8 Å². The number of anilines is 1.